The smallest absolute Gasteiger partial charge is 0.192 e. The van der Waals surface area contributed by atoms with Gasteiger partial charge in [0.1, 0.15) is 5.25 Å². The van der Waals surface area contributed by atoms with Gasteiger partial charge in [-0.1, -0.05) is 59.7 Å². The highest BCUT2D eigenvalue weighted by Gasteiger charge is 2.61. The molecule has 2 bridgehead atoms. The second-order valence-corrected chi connectivity index (χ2v) is 24.5. The van der Waals surface area contributed by atoms with Crippen LogP contribution in [-0.2, 0) is 23.4 Å². The minimum absolute atomic E-state index is 0.0248. The van der Waals surface area contributed by atoms with Crippen molar-refractivity contribution in [3.8, 4) is 0 Å². The zero-order valence-electron chi connectivity index (χ0n) is 22.1. The van der Waals surface area contributed by atoms with Crippen molar-refractivity contribution in [2.75, 3.05) is 6.61 Å². The zero-order chi connectivity index (χ0) is 25.0. The normalized spacial score (nSPS) is 29.0. The molecule has 2 saturated heterocycles. The monoisotopic (exact) mass is 512 g/mol. The Balaban J connectivity index is 1.91. The topological polar surface area (TPSA) is 61.8 Å². The molecule has 2 heterocycles. The molecule has 0 amide bonds. The summed E-state index contributed by atoms with van der Waals surface area (Å²) in [5.74, 6) is 0.154. The third-order valence-corrected chi connectivity index (χ3v) is 19.7. The van der Waals surface area contributed by atoms with E-state index in [0.29, 0.717) is 17.9 Å². The average molecular weight is 513 g/mol. The van der Waals surface area contributed by atoms with E-state index >= 15 is 0 Å². The SMILES string of the molecule is CC(C)(C)[Si](C)(C)OC[C@H]1C[C@@H]2O[C@H]1[C@H](O[Si](C)(C)C(C)(C)C)[C@H]2S(=O)(=O)c1ccccc1. The van der Waals surface area contributed by atoms with Gasteiger partial charge < -0.3 is 13.6 Å². The van der Waals surface area contributed by atoms with E-state index in [9.17, 15) is 8.42 Å². The largest absolute Gasteiger partial charge is 0.416 e. The van der Waals surface area contributed by atoms with Gasteiger partial charge in [0, 0.05) is 12.5 Å². The molecule has 0 unspecified atom stereocenters. The first-order valence-electron chi connectivity index (χ1n) is 12.1. The van der Waals surface area contributed by atoms with Crippen LogP contribution >= 0.6 is 0 Å². The van der Waals surface area contributed by atoms with E-state index in [-0.39, 0.29) is 28.2 Å². The fraction of sp³-hybridized carbons (Fsp3) is 0.760. The van der Waals surface area contributed by atoms with Gasteiger partial charge in [0.05, 0.1) is 23.2 Å². The molecule has 8 heteroatoms. The molecule has 2 aliphatic heterocycles. The minimum atomic E-state index is -3.59. The maximum Gasteiger partial charge on any atom is 0.192 e. The number of ether oxygens (including phenoxy) is 1. The number of hydrogen-bond donors (Lipinski definition) is 0. The van der Waals surface area contributed by atoms with Gasteiger partial charge in [0.2, 0.25) is 0 Å². The van der Waals surface area contributed by atoms with Crippen LogP contribution in [0.4, 0.5) is 0 Å². The summed E-state index contributed by atoms with van der Waals surface area (Å²) in [7, 11) is -7.72. The molecule has 0 radical (unpaired) electrons. The lowest BCUT2D eigenvalue weighted by Crippen LogP contribution is -2.55. The lowest BCUT2D eigenvalue weighted by Gasteiger charge is -2.43. The molecule has 2 fully saturated rings. The Labute approximate surface area is 203 Å². The molecule has 3 rings (SSSR count). The van der Waals surface area contributed by atoms with Crippen molar-refractivity contribution in [1.29, 1.82) is 0 Å². The standard InChI is InChI=1S/C25H44O5SSi2/c1-24(2,3)32(7,8)28-17-18-16-20-23(31(26,27)19-14-12-11-13-15-19)22(21(18)29-20)30-33(9,10)25(4,5)6/h11-15,18,20-23H,16-17H2,1-10H3/t18-,20+,21-,22+,23+/m1/s1. The Hall–Kier alpha value is -0.516. The van der Waals surface area contributed by atoms with Gasteiger partial charge in [-0.05, 0) is 54.8 Å². The third-order valence-electron chi connectivity index (χ3n) is 8.48. The molecule has 188 valence electrons. The Morgan fingerprint density at radius 1 is 0.939 bits per heavy atom. The zero-order valence-corrected chi connectivity index (χ0v) is 25.0. The summed E-state index contributed by atoms with van der Waals surface area (Å²) in [6.07, 6.45) is -0.379. The van der Waals surface area contributed by atoms with Crippen LogP contribution in [0.15, 0.2) is 35.2 Å². The van der Waals surface area contributed by atoms with Crippen molar-refractivity contribution in [3.63, 3.8) is 0 Å². The van der Waals surface area contributed by atoms with Gasteiger partial charge in [0.15, 0.2) is 26.5 Å². The molecule has 0 saturated carbocycles. The molecule has 0 spiro atoms. The first-order valence-corrected chi connectivity index (χ1v) is 19.5. The Bertz CT molecular complexity index is 930. The summed E-state index contributed by atoms with van der Waals surface area (Å²) < 4.78 is 47.3. The minimum Gasteiger partial charge on any atom is -0.416 e. The number of benzene rings is 1. The fourth-order valence-electron chi connectivity index (χ4n) is 4.25. The van der Waals surface area contributed by atoms with E-state index in [4.69, 9.17) is 13.6 Å². The number of sulfone groups is 1. The second kappa shape index (κ2) is 8.85. The molecule has 2 aliphatic rings. The van der Waals surface area contributed by atoms with Crippen molar-refractivity contribution < 1.29 is 22.0 Å². The maximum absolute atomic E-state index is 13.8. The summed E-state index contributed by atoms with van der Waals surface area (Å²) in [6.45, 7) is 22.8. The molecule has 0 N–H and O–H groups in total. The molecular formula is C25H44O5SSi2. The second-order valence-electron chi connectivity index (χ2n) is 12.9. The van der Waals surface area contributed by atoms with E-state index in [1.807, 2.05) is 6.07 Å². The first-order chi connectivity index (χ1) is 14.9. The summed E-state index contributed by atoms with van der Waals surface area (Å²) in [5, 5.41) is -0.576. The summed E-state index contributed by atoms with van der Waals surface area (Å²) in [6, 6.07) is 8.76. The van der Waals surface area contributed by atoms with E-state index < -0.39 is 37.8 Å². The highest BCUT2D eigenvalue weighted by atomic mass is 32.2. The van der Waals surface area contributed by atoms with Crippen LogP contribution in [0.2, 0.25) is 36.3 Å². The third kappa shape index (κ3) is 5.21. The predicted molar refractivity (Wildman–Crippen MR) is 139 cm³/mol. The first kappa shape index (κ1) is 27.1. The number of hydrogen-bond acceptors (Lipinski definition) is 5. The lowest BCUT2D eigenvalue weighted by atomic mass is 9.87. The predicted octanol–water partition coefficient (Wildman–Crippen LogP) is 6.03. The molecule has 5 nitrogen and oxygen atoms in total. The highest BCUT2D eigenvalue weighted by molar-refractivity contribution is 7.92. The van der Waals surface area contributed by atoms with Gasteiger partial charge in [0.25, 0.3) is 0 Å². The molecule has 1 aromatic carbocycles. The van der Waals surface area contributed by atoms with Crippen molar-refractivity contribution in [2.24, 2.45) is 5.92 Å². The van der Waals surface area contributed by atoms with Gasteiger partial charge in [-0.3, -0.25) is 0 Å². The summed E-state index contributed by atoms with van der Waals surface area (Å²) in [4.78, 5) is 0.351. The van der Waals surface area contributed by atoms with Gasteiger partial charge in [-0.15, -0.1) is 0 Å². The summed E-state index contributed by atoms with van der Waals surface area (Å²) in [5.41, 5.74) is 0. The lowest BCUT2D eigenvalue weighted by molar-refractivity contribution is 0.0251. The van der Waals surface area contributed by atoms with Crippen molar-refractivity contribution in [3.05, 3.63) is 30.3 Å². The Morgan fingerprint density at radius 3 is 2.00 bits per heavy atom. The van der Waals surface area contributed by atoms with Gasteiger partial charge >= 0.3 is 0 Å². The Kier molecular flexibility index (Phi) is 7.26. The average Bonchev–Trinajstić information content (AvgIpc) is 3.23. The number of fused-ring (bicyclic) bond motifs is 2. The molecule has 1 aromatic rings. The van der Waals surface area contributed by atoms with Crippen molar-refractivity contribution >= 4 is 26.5 Å². The quantitative estimate of drug-likeness (QED) is 0.418. The van der Waals surface area contributed by atoms with Crippen LogP contribution in [0.1, 0.15) is 48.0 Å². The van der Waals surface area contributed by atoms with Gasteiger partial charge in [-0.2, -0.15) is 0 Å². The van der Waals surface area contributed by atoms with E-state index in [1.54, 1.807) is 24.3 Å². The van der Waals surface area contributed by atoms with Crippen molar-refractivity contribution in [1.82, 2.24) is 0 Å². The van der Waals surface area contributed by atoms with Crippen LogP contribution < -0.4 is 0 Å². The van der Waals surface area contributed by atoms with Crippen LogP contribution in [0, 0.1) is 5.92 Å². The molecule has 0 aliphatic carbocycles. The van der Waals surface area contributed by atoms with Crippen LogP contribution in [0.5, 0.6) is 0 Å². The molecule has 33 heavy (non-hydrogen) atoms. The van der Waals surface area contributed by atoms with E-state index in [1.165, 1.54) is 0 Å². The highest BCUT2D eigenvalue weighted by Crippen LogP contribution is 2.49. The van der Waals surface area contributed by atoms with Gasteiger partial charge in [-0.25, -0.2) is 8.42 Å². The molecule has 0 aromatic heterocycles. The van der Waals surface area contributed by atoms with Crippen LogP contribution in [0.25, 0.3) is 0 Å². The van der Waals surface area contributed by atoms with E-state index in [0.717, 1.165) is 0 Å². The summed E-state index contributed by atoms with van der Waals surface area (Å²) >= 11 is 0. The fourth-order valence-corrected chi connectivity index (χ4v) is 8.71. The van der Waals surface area contributed by atoms with Crippen LogP contribution in [0.3, 0.4) is 0 Å². The van der Waals surface area contributed by atoms with E-state index in [2.05, 4.69) is 67.7 Å². The molecule has 5 atom stereocenters. The van der Waals surface area contributed by atoms with Crippen LogP contribution in [-0.4, -0.2) is 55.2 Å². The number of rotatable bonds is 7. The maximum atomic E-state index is 13.8. The Morgan fingerprint density at radius 2 is 1.48 bits per heavy atom. The molecular weight excluding hydrogens is 469 g/mol. The van der Waals surface area contributed by atoms with Crippen molar-refractivity contribution in [2.45, 2.75) is 113 Å².